The van der Waals surface area contributed by atoms with Gasteiger partial charge < -0.3 is 15.6 Å². The van der Waals surface area contributed by atoms with E-state index in [9.17, 15) is 14.0 Å². The molecule has 5 rings (SSSR count). The number of benzene rings is 1. The van der Waals surface area contributed by atoms with E-state index in [0.717, 1.165) is 11.1 Å². The van der Waals surface area contributed by atoms with Gasteiger partial charge in [-0.05, 0) is 42.5 Å². The van der Waals surface area contributed by atoms with Crippen LogP contribution in [0, 0.1) is 11.8 Å². The number of halogens is 1. The van der Waals surface area contributed by atoms with E-state index in [1.165, 1.54) is 18.2 Å². The third-order valence-electron chi connectivity index (χ3n) is 5.33. The van der Waals surface area contributed by atoms with Crippen molar-refractivity contribution in [2.45, 2.75) is 6.04 Å². The number of carbonyl (C=O) groups excluding carboxylic acids is 2. The molecule has 0 saturated carbocycles. The summed E-state index contributed by atoms with van der Waals surface area (Å²) in [6.45, 7) is 0. The highest BCUT2D eigenvalue weighted by atomic mass is 19.1. The Morgan fingerprint density at radius 2 is 2.00 bits per heavy atom. The van der Waals surface area contributed by atoms with Gasteiger partial charge in [0.25, 0.3) is 0 Å². The number of allylic oxidation sites excluding steroid dienone is 3. The van der Waals surface area contributed by atoms with Crippen LogP contribution in [0.15, 0.2) is 91.3 Å². The van der Waals surface area contributed by atoms with Crippen molar-refractivity contribution in [2.24, 2.45) is 0 Å². The fourth-order valence-electron chi connectivity index (χ4n) is 3.68. The summed E-state index contributed by atoms with van der Waals surface area (Å²) in [5.74, 6) is 4.64. The second kappa shape index (κ2) is 9.45. The quantitative estimate of drug-likeness (QED) is 0.293. The number of anilines is 1. The Morgan fingerprint density at radius 3 is 2.86 bits per heavy atom. The number of H-pyrrole nitrogens is 1. The molecule has 0 bridgehead atoms. The maximum Gasteiger partial charge on any atom is 0.320 e. The number of nitrogens with one attached hydrogen (secondary N) is 3. The first kappa shape index (κ1) is 21.8. The van der Waals surface area contributed by atoms with E-state index in [4.69, 9.17) is 0 Å². The minimum absolute atomic E-state index is 0.226. The Morgan fingerprint density at radius 1 is 1.09 bits per heavy atom. The lowest BCUT2D eigenvalue weighted by Crippen LogP contribution is -2.36. The predicted molar refractivity (Wildman–Crippen MR) is 131 cm³/mol. The number of ketones is 1. The number of aromatic nitrogens is 3. The molecule has 0 radical (unpaired) electrons. The van der Waals surface area contributed by atoms with E-state index in [-0.39, 0.29) is 5.78 Å². The van der Waals surface area contributed by atoms with Crippen LogP contribution in [0.4, 0.5) is 14.9 Å². The summed E-state index contributed by atoms with van der Waals surface area (Å²) in [5, 5.41) is 5.92. The van der Waals surface area contributed by atoms with Crippen molar-refractivity contribution in [3.8, 4) is 23.0 Å². The van der Waals surface area contributed by atoms with Gasteiger partial charge in [-0.3, -0.25) is 9.78 Å². The summed E-state index contributed by atoms with van der Waals surface area (Å²) in [4.78, 5) is 37.3. The lowest BCUT2D eigenvalue weighted by Gasteiger charge is -2.11. The molecule has 3 aromatic heterocycles. The molecular weight excluding hydrogens is 445 g/mol. The van der Waals surface area contributed by atoms with Crippen molar-refractivity contribution >= 4 is 28.5 Å². The normalized spacial score (nSPS) is 14.4. The number of urea groups is 1. The topological polar surface area (TPSA) is 99.8 Å². The highest BCUT2D eigenvalue weighted by Gasteiger charge is 2.17. The standard InChI is InChI=1S/C27H18FN5O2/c28-20-7-1-2-8-22(13-20)33-27(35)32-21-9-3-5-17(11-21)25(34)24-16-31-26-23(24)12-19(15-30-26)18-6-4-10-29-14-18/h1,3-7,9-16,22H,(H,30,31)(H2,32,33,35). The molecule has 1 aliphatic carbocycles. The van der Waals surface area contributed by atoms with Crippen molar-refractivity contribution in [1.29, 1.82) is 0 Å². The lowest BCUT2D eigenvalue weighted by atomic mass is 10.0. The van der Waals surface area contributed by atoms with Gasteiger partial charge in [0.2, 0.25) is 0 Å². The number of hydrogen-bond acceptors (Lipinski definition) is 4. The third-order valence-corrected chi connectivity index (χ3v) is 5.33. The zero-order valence-electron chi connectivity index (χ0n) is 18.2. The molecule has 170 valence electrons. The van der Waals surface area contributed by atoms with Gasteiger partial charge in [0, 0.05) is 58.1 Å². The van der Waals surface area contributed by atoms with Gasteiger partial charge in [0.1, 0.15) is 17.5 Å². The Balaban J connectivity index is 1.36. The zero-order valence-corrected chi connectivity index (χ0v) is 18.2. The molecule has 0 saturated heterocycles. The second-order valence-corrected chi connectivity index (χ2v) is 7.72. The van der Waals surface area contributed by atoms with E-state index >= 15 is 0 Å². The van der Waals surface area contributed by atoms with E-state index in [0.29, 0.717) is 27.8 Å². The number of amides is 2. The van der Waals surface area contributed by atoms with Crippen molar-refractivity contribution in [3.05, 3.63) is 102 Å². The van der Waals surface area contributed by atoms with Crippen molar-refractivity contribution in [2.75, 3.05) is 5.32 Å². The smallest absolute Gasteiger partial charge is 0.320 e. The summed E-state index contributed by atoms with van der Waals surface area (Å²) < 4.78 is 13.6. The molecule has 1 aromatic carbocycles. The largest absolute Gasteiger partial charge is 0.345 e. The molecule has 3 N–H and O–H groups in total. The Labute approximate surface area is 199 Å². The first-order chi connectivity index (χ1) is 17.1. The Hall–Kier alpha value is -5.03. The van der Waals surface area contributed by atoms with Crippen molar-refractivity contribution in [1.82, 2.24) is 20.3 Å². The van der Waals surface area contributed by atoms with Crippen LogP contribution in [0.25, 0.3) is 22.2 Å². The number of fused-ring (bicyclic) bond motifs is 1. The van der Waals surface area contributed by atoms with Gasteiger partial charge in [0.15, 0.2) is 5.78 Å². The van der Waals surface area contributed by atoms with Crippen LogP contribution < -0.4 is 10.6 Å². The van der Waals surface area contributed by atoms with Gasteiger partial charge in [0.05, 0.1) is 0 Å². The van der Waals surface area contributed by atoms with Crippen LogP contribution in [-0.4, -0.2) is 32.8 Å². The monoisotopic (exact) mass is 463 g/mol. The Bertz CT molecular complexity index is 1560. The average Bonchev–Trinajstić information content (AvgIpc) is 3.19. The van der Waals surface area contributed by atoms with E-state index in [1.54, 1.807) is 49.1 Å². The molecular formula is C27H18FN5O2. The van der Waals surface area contributed by atoms with E-state index in [2.05, 4.69) is 37.4 Å². The predicted octanol–water partition coefficient (Wildman–Crippen LogP) is 4.77. The number of rotatable bonds is 5. The average molecular weight is 463 g/mol. The van der Waals surface area contributed by atoms with Crippen LogP contribution in [-0.2, 0) is 0 Å². The molecule has 8 heteroatoms. The molecule has 2 amide bonds. The minimum Gasteiger partial charge on any atom is -0.345 e. The summed E-state index contributed by atoms with van der Waals surface area (Å²) in [7, 11) is 0. The number of hydrogen-bond donors (Lipinski definition) is 3. The van der Waals surface area contributed by atoms with Crippen LogP contribution in [0.5, 0.6) is 0 Å². The molecule has 3 heterocycles. The fourth-order valence-corrected chi connectivity index (χ4v) is 3.68. The second-order valence-electron chi connectivity index (χ2n) is 7.72. The highest BCUT2D eigenvalue weighted by molar-refractivity contribution is 6.16. The maximum absolute atomic E-state index is 13.6. The molecule has 1 atom stereocenters. The molecule has 35 heavy (non-hydrogen) atoms. The lowest BCUT2D eigenvalue weighted by molar-refractivity contribution is 0.104. The SMILES string of the molecule is O=C(Nc1cccc(C(=O)c2c[nH]c3ncc(-c4cccnc4)cc23)c1)NC1C#CC=CC(F)=C1. The minimum atomic E-state index is -0.775. The zero-order chi connectivity index (χ0) is 24.2. The molecule has 0 aliphatic heterocycles. The highest BCUT2D eigenvalue weighted by Crippen LogP contribution is 2.26. The first-order valence-corrected chi connectivity index (χ1v) is 10.7. The van der Waals surface area contributed by atoms with Gasteiger partial charge in [-0.15, -0.1) is 0 Å². The molecule has 4 aromatic rings. The summed E-state index contributed by atoms with van der Waals surface area (Å²) in [5.41, 5.74) is 3.58. The van der Waals surface area contributed by atoms with Gasteiger partial charge in [-0.2, -0.15) is 0 Å². The fraction of sp³-hybridized carbons (Fsp3) is 0.0370. The number of nitrogens with zero attached hydrogens (tertiary/aromatic N) is 2. The van der Waals surface area contributed by atoms with Gasteiger partial charge in [-0.25, -0.2) is 14.2 Å². The maximum atomic E-state index is 13.6. The molecule has 7 nitrogen and oxygen atoms in total. The van der Waals surface area contributed by atoms with Crippen molar-refractivity contribution < 1.29 is 14.0 Å². The van der Waals surface area contributed by atoms with Gasteiger partial charge >= 0.3 is 6.03 Å². The third kappa shape index (κ3) is 4.84. The molecule has 0 fully saturated rings. The van der Waals surface area contributed by atoms with E-state index < -0.39 is 17.9 Å². The summed E-state index contributed by atoms with van der Waals surface area (Å²) in [6.07, 6.45) is 10.6. The summed E-state index contributed by atoms with van der Waals surface area (Å²) in [6, 6.07) is 10.9. The Kier molecular flexibility index (Phi) is 5.89. The first-order valence-electron chi connectivity index (χ1n) is 10.7. The number of pyridine rings is 2. The van der Waals surface area contributed by atoms with Crippen molar-refractivity contribution in [3.63, 3.8) is 0 Å². The molecule has 0 spiro atoms. The summed E-state index contributed by atoms with van der Waals surface area (Å²) >= 11 is 0. The van der Waals surface area contributed by atoms with Crippen LogP contribution >= 0.6 is 0 Å². The number of aromatic amines is 1. The van der Waals surface area contributed by atoms with E-state index in [1.807, 2.05) is 18.2 Å². The van der Waals surface area contributed by atoms with Gasteiger partial charge in [-0.1, -0.05) is 30.0 Å². The molecule has 1 unspecified atom stereocenters. The van der Waals surface area contributed by atoms with Crippen LogP contribution in [0.1, 0.15) is 15.9 Å². The number of carbonyl (C=O) groups is 2. The molecule has 1 aliphatic rings. The van der Waals surface area contributed by atoms with Crippen LogP contribution in [0.2, 0.25) is 0 Å². The van der Waals surface area contributed by atoms with Crippen LogP contribution in [0.3, 0.4) is 0 Å².